The molecular weight excluding hydrogens is 440 g/mol. The first-order chi connectivity index (χ1) is 14.1. The van der Waals surface area contributed by atoms with Gasteiger partial charge < -0.3 is 13.9 Å². The van der Waals surface area contributed by atoms with E-state index in [1.807, 2.05) is 39.0 Å². The maximum atomic E-state index is 12.4. The van der Waals surface area contributed by atoms with Gasteiger partial charge in [-0.25, -0.2) is 0 Å². The zero-order valence-electron chi connectivity index (χ0n) is 18.5. The van der Waals surface area contributed by atoms with Gasteiger partial charge in [-0.05, 0) is 68.6 Å². The van der Waals surface area contributed by atoms with E-state index in [-0.39, 0.29) is 18.5 Å². The fraction of sp³-hybridized carbons (Fsp3) is 0.565. The molecule has 1 heterocycles. The SMILES string of the molecule is Cc1c(Cl)c(=S)oc2cc(SCCOCCOC(=O)C(C)(C)C(C)C(C)C)ccc12. The molecule has 2 aromatic rings. The highest BCUT2D eigenvalue weighted by Gasteiger charge is 2.36. The first-order valence-corrected chi connectivity index (χ1v) is 11.9. The van der Waals surface area contributed by atoms with Crippen molar-refractivity contribution >= 4 is 52.5 Å². The Morgan fingerprint density at radius 1 is 1.23 bits per heavy atom. The van der Waals surface area contributed by atoms with Crippen LogP contribution in [-0.2, 0) is 14.3 Å². The molecule has 4 nitrogen and oxygen atoms in total. The highest BCUT2D eigenvalue weighted by Crippen LogP contribution is 2.33. The maximum Gasteiger partial charge on any atom is 0.311 e. The van der Waals surface area contributed by atoms with Gasteiger partial charge in [0.05, 0.1) is 23.7 Å². The Bertz CT molecular complexity index is 937. The fourth-order valence-corrected chi connectivity index (χ4v) is 4.30. The number of carbonyl (C=O) groups excluding carboxylic acids is 1. The van der Waals surface area contributed by atoms with Crippen LogP contribution in [0.5, 0.6) is 0 Å². The first kappa shape index (κ1) is 25.2. The molecule has 0 saturated heterocycles. The van der Waals surface area contributed by atoms with Crippen LogP contribution >= 0.6 is 35.6 Å². The molecular formula is C23H31ClO4S2. The second-order valence-electron chi connectivity index (χ2n) is 8.34. The van der Waals surface area contributed by atoms with Crippen LogP contribution in [0.25, 0.3) is 11.0 Å². The molecule has 1 atom stereocenters. The predicted octanol–water partition coefficient (Wildman–Crippen LogP) is 7.09. The van der Waals surface area contributed by atoms with Gasteiger partial charge in [0.25, 0.3) is 0 Å². The maximum absolute atomic E-state index is 12.4. The Labute approximate surface area is 193 Å². The summed E-state index contributed by atoms with van der Waals surface area (Å²) < 4.78 is 17.0. The monoisotopic (exact) mass is 470 g/mol. The van der Waals surface area contributed by atoms with Crippen LogP contribution in [0.3, 0.4) is 0 Å². The van der Waals surface area contributed by atoms with Gasteiger partial charge in [0, 0.05) is 16.0 Å². The summed E-state index contributed by atoms with van der Waals surface area (Å²) in [5.41, 5.74) is 1.17. The van der Waals surface area contributed by atoms with Crippen molar-refractivity contribution in [1.82, 2.24) is 0 Å². The van der Waals surface area contributed by atoms with Crippen LogP contribution in [0, 0.1) is 28.9 Å². The third kappa shape index (κ3) is 6.22. The smallest absolute Gasteiger partial charge is 0.311 e. The lowest BCUT2D eigenvalue weighted by Gasteiger charge is -2.32. The lowest BCUT2D eigenvalue weighted by molar-refractivity contribution is -0.159. The molecule has 1 aromatic heterocycles. The van der Waals surface area contributed by atoms with E-state index in [2.05, 4.69) is 20.8 Å². The van der Waals surface area contributed by atoms with Gasteiger partial charge in [0.15, 0.2) is 0 Å². The Balaban J connectivity index is 1.74. The molecule has 0 radical (unpaired) electrons. The summed E-state index contributed by atoms with van der Waals surface area (Å²) in [4.78, 5) is 13.4. The van der Waals surface area contributed by atoms with Gasteiger partial charge in [-0.3, -0.25) is 4.79 Å². The highest BCUT2D eigenvalue weighted by molar-refractivity contribution is 7.99. The van der Waals surface area contributed by atoms with Crippen molar-refractivity contribution in [3.05, 3.63) is 33.5 Å². The number of benzene rings is 1. The summed E-state index contributed by atoms with van der Waals surface area (Å²) in [6.07, 6.45) is 0. The number of hydrogen-bond donors (Lipinski definition) is 0. The molecule has 7 heteroatoms. The Kier molecular flexibility index (Phi) is 9.22. The van der Waals surface area contributed by atoms with E-state index in [1.165, 1.54) is 0 Å². The van der Waals surface area contributed by atoms with Crippen molar-refractivity contribution in [1.29, 1.82) is 0 Å². The Hall–Kier alpha value is -1.08. The van der Waals surface area contributed by atoms with Crippen molar-refractivity contribution in [3.63, 3.8) is 0 Å². The van der Waals surface area contributed by atoms with E-state index in [0.717, 1.165) is 27.2 Å². The van der Waals surface area contributed by atoms with Gasteiger partial charge in [-0.1, -0.05) is 32.4 Å². The Morgan fingerprint density at radius 2 is 1.93 bits per heavy atom. The van der Waals surface area contributed by atoms with Crippen LogP contribution in [0.4, 0.5) is 0 Å². The number of fused-ring (bicyclic) bond motifs is 1. The van der Waals surface area contributed by atoms with E-state index in [9.17, 15) is 4.79 Å². The van der Waals surface area contributed by atoms with Crippen molar-refractivity contribution in [3.8, 4) is 0 Å². The first-order valence-electron chi connectivity index (χ1n) is 10.2. The van der Waals surface area contributed by atoms with E-state index < -0.39 is 5.41 Å². The molecule has 30 heavy (non-hydrogen) atoms. The average Bonchev–Trinajstić information content (AvgIpc) is 2.70. The van der Waals surface area contributed by atoms with Crippen molar-refractivity contribution in [2.45, 2.75) is 46.4 Å². The number of ether oxygens (including phenoxy) is 2. The number of carbonyl (C=O) groups is 1. The van der Waals surface area contributed by atoms with Crippen LogP contribution < -0.4 is 0 Å². The summed E-state index contributed by atoms with van der Waals surface area (Å²) in [5.74, 6) is 1.27. The number of halogens is 1. The zero-order chi connectivity index (χ0) is 22.5. The van der Waals surface area contributed by atoms with Gasteiger partial charge in [-0.15, -0.1) is 11.8 Å². The number of aryl methyl sites for hydroxylation is 1. The number of hydrogen-bond acceptors (Lipinski definition) is 6. The molecule has 0 saturated carbocycles. The van der Waals surface area contributed by atoms with Crippen molar-refractivity contribution in [2.75, 3.05) is 25.6 Å². The molecule has 0 bridgehead atoms. The molecule has 1 aromatic carbocycles. The fourth-order valence-electron chi connectivity index (χ4n) is 3.12. The second-order valence-corrected chi connectivity index (χ2v) is 10.3. The topological polar surface area (TPSA) is 48.7 Å². The van der Waals surface area contributed by atoms with E-state index >= 15 is 0 Å². The lowest BCUT2D eigenvalue weighted by Crippen LogP contribution is -2.36. The number of rotatable bonds is 10. The minimum atomic E-state index is -0.501. The minimum absolute atomic E-state index is 0.168. The molecule has 166 valence electrons. The third-order valence-corrected chi connectivity index (χ3v) is 7.50. The molecule has 0 N–H and O–H groups in total. The molecule has 0 aliphatic heterocycles. The van der Waals surface area contributed by atoms with Gasteiger partial charge in [0.2, 0.25) is 4.71 Å². The van der Waals surface area contributed by atoms with E-state index in [4.69, 9.17) is 37.7 Å². The van der Waals surface area contributed by atoms with Crippen LogP contribution in [0.15, 0.2) is 27.5 Å². The second kappa shape index (κ2) is 11.0. The van der Waals surface area contributed by atoms with Crippen LogP contribution in [0.2, 0.25) is 5.02 Å². The quantitative estimate of drug-likeness (QED) is 0.160. The summed E-state index contributed by atoms with van der Waals surface area (Å²) in [6.45, 7) is 13.4. The third-order valence-electron chi connectivity index (χ3n) is 5.69. The molecule has 2 rings (SSSR count). The highest BCUT2D eigenvalue weighted by atomic mass is 35.5. The van der Waals surface area contributed by atoms with E-state index in [0.29, 0.717) is 28.9 Å². The van der Waals surface area contributed by atoms with Crippen LogP contribution in [-0.4, -0.2) is 31.5 Å². The predicted molar refractivity (Wildman–Crippen MR) is 127 cm³/mol. The summed E-state index contributed by atoms with van der Waals surface area (Å²) in [7, 11) is 0. The molecule has 0 spiro atoms. The van der Waals surface area contributed by atoms with Gasteiger partial charge in [-0.2, -0.15) is 0 Å². The van der Waals surface area contributed by atoms with Gasteiger partial charge >= 0.3 is 5.97 Å². The van der Waals surface area contributed by atoms with Gasteiger partial charge in [0.1, 0.15) is 12.2 Å². The van der Waals surface area contributed by atoms with Crippen LogP contribution in [0.1, 0.15) is 40.2 Å². The van der Waals surface area contributed by atoms with E-state index in [1.54, 1.807) is 11.8 Å². The summed E-state index contributed by atoms with van der Waals surface area (Å²) in [6, 6.07) is 6.00. The zero-order valence-corrected chi connectivity index (χ0v) is 20.9. The van der Waals surface area contributed by atoms with Crippen molar-refractivity contribution < 1.29 is 18.7 Å². The number of esters is 1. The van der Waals surface area contributed by atoms with Crippen molar-refractivity contribution in [2.24, 2.45) is 17.3 Å². The normalized spacial score (nSPS) is 13.1. The largest absolute Gasteiger partial charge is 0.463 e. The molecule has 0 fully saturated rings. The molecule has 0 aliphatic rings. The summed E-state index contributed by atoms with van der Waals surface area (Å²) in [5, 5.41) is 1.46. The minimum Gasteiger partial charge on any atom is -0.463 e. The Morgan fingerprint density at radius 3 is 2.60 bits per heavy atom. The molecule has 0 amide bonds. The molecule has 1 unspecified atom stereocenters. The summed E-state index contributed by atoms with van der Waals surface area (Å²) >= 11 is 13.0. The number of thioether (sulfide) groups is 1. The standard InChI is InChI=1S/C23H31ClO4S2/c1-14(2)16(4)23(5,6)22(25)27-10-9-26-11-12-30-17-7-8-18-15(3)20(24)21(29)28-19(18)13-17/h7-8,13-14,16H,9-12H2,1-6H3. The average molecular weight is 471 g/mol. The lowest BCUT2D eigenvalue weighted by atomic mass is 9.74. The molecule has 0 aliphatic carbocycles.